The molecule has 4 aliphatic carbocycles. The monoisotopic (exact) mass is 366 g/mol. The van der Waals surface area contributed by atoms with Crippen LogP contribution in [0.4, 0.5) is 0 Å². The molecule has 1 aromatic rings. The lowest BCUT2D eigenvalue weighted by Crippen LogP contribution is -2.12. The van der Waals surface area contributed by atoms with Crippen LogP contribution >= 0.6 is 0 Å². The number of rotatable bonds is 4. The van der Waals surface area contributed by atoms with E-state index in [0.717, 1.165) is 12.3 Å². The highest BCUT2D eigenvalue weighted by Gasteiger charge is 2.26. The lowest BCUT2D eigenvalue weighted by atomic mass is 9.78. The summed E-state index contributed by atoms with van der Waals surface area (Å²) in [6.45, 7) is 0. The van der Waals surface area contributed by atoms with E-state index in [-0.39, 0.29) is 0 Å². The molecule has 1 unspecified atom stereocenters. The minimum absolute atomic E-state index is 0.440. The largest absolute Gasteiger partial charge is 0.0836 e. The number of hydrogen-bond donors (Lipinski definition) is 0. The van der Waals surface area contributed by atoms with Gasteiger partial charge in [0.15, 0.2) is 0 Å². The molecule has 0 aromatic heterocycles. The average Bonchev–Trinajstić information content (AvgIpc) is 3.26. The molecular weight excluding hydrogens is 336 g/mol. The molecule has 0 radical (unpaired) electrons. The van der Waals surface area contributed by atoms with Gasteiger partial charge >= 0.3 is 0 Å². The van der Waals surface area contributed by atoms with Gasteiger partial charge in [0, 0.05) is 5.92 Å². The van der Waals surface area contributed by atoms with E-state index in [4.69, 9.17) is 0 Å². The van der Waals surface area contributed by atoms with E-state index in [2.05, 4.69) is 72.9 Å². The zero-order chi connectivity index (χ0) is 18.8. The second-order valence-corrected chi connectivity index (χ2v) is 8.69. The number of fused-ring (bicyclic) bond motifs is 1. The lowest BCUT2D eigenvalue weighted by molar-refractivity contribution is 0.443. The molecule has 1 fully saturated rings. The van der Waals surface area contributed by atoms with Crippen LogP contribution in [0.15, 0.2) is 95.2 Å². The molecule has 0 N–H and O–H groups in total. The summed E-state index contributed by atoms with van der Waals surface area (Å²) in [5.41, 5.74) is 8.91. The van der Waals surface area contributed by atoms with Crippen molar-refractivity contribution in [3.63, 3.8) is 0 Å². The van der Waals surface area contributed by atoms with Crippen molar-refractivity contribution in [3.05, 3.63) is 106 Å². The Morgan fingerprint density at radius 1 is 0.893 bits per heavy atom. The topological polar surface area (TPSA) is 0 Å². The third kappa shape index (κ3) is 3.53. The number of hydrogen-bond acceptors (Lipinski definition) is 0. The van der Waals surface area contributed by atoms with Crippen LogP contribution in [0.1, 0.15) is 62.0 Å². The van der Waals surface area contributed by atoms with E-state index in [1.165, 1.54) is 72.8 Å². The Bertz CT molecular complexity index is 923. The van der Waals surface area contributed by atoms with Gasteiger partial charge in [0.1, 0.15) is 0 Å². The molecule has 4 aliphatic rings. The Hall–Kier alpha value is -2.34. The maximum Gasteiger partial charge on any atom is 0.0281 e. The van der Waals surface area contributed by atoms with Crippen LogP contribution in [0.5, 0.6) is 0 Å². The molecule has 1 saturated carbocycles. The molecular formula is C28H30. The fourth-order valence-electron chi connectivity index (χ4n) is 5.32. The van der Waals surface area contributed by atoms with Crippen LogP contribution < -0.4 is 0 Å². The normalized spacial score (nSPS) is 24.4. The lowest BCUT2D eigenvalue weighted by Gasteiger charge is -2.26. The first-order valence-electron chi connectivity index (χ1n) is 11.1. The van der Waals surface area contributed by atoms with Gasteiger partial charge in [-0.1, -0.05) is 92.1 Å². The third-order valence-electron chi connectivity index (χ3n) is 6.83. The maximum absolute atomic E-state index is 2.49. The minimum atomic E-state index is 0.440. The summed E-state index contributed by atoms with van der Waals surface area (Å²) in [6, 6.07) is 9.44. The fraction of sp³-hybridized carbons (Fsp3) is 0.357. The summed E-state index contributed by atoms with van der Waals surface area (Å²) in [5, 5.41) is 0. The van der Waals surface area contributed by atoms with Crippen molar-refractivity contribution in [1.29, 1.82) is 0 Å². The van der Waals surface area contributed by atoms with Crippen molar-refractivity contribution in [2.45, 2.75) is 57.3 Å². The predicted molar refractivity (Wildman–Crippen MR) is 119 cm³/mol. The molecule has 0 bridgehead atoms. The van der Waals surface area contributed by atoms with Gasteiger partial charge in [-0.25, -0.2) is 0 Å². The van der Waals surface area contributed by atoms with Gasteiger partial charge in [0.2, 0.25) is 0 Å². The summed E-state index contributed by atoms with van der Waals surface area (Å²) in [6.07, 6.45) is 29.1. The first-order valence-corrected chi connectivity index (χ1v) is 11.1. The number of allylic oxidation sites excluding steroid dienone is 12. The van der Waals surface area contributed by atoms with Gasteiger partial charge < -0.3 is 0 Å². The highest BCUT2D eigenvalue weighted by molar-refractivity contribution is 5.60. The molecule has 142 valence electrons. The standard InChI is InChI=1S/C28H30/c1-3-10-22(11-4-1)24-14-7-9-21(19-24)20-25-17-18-27(23-12-5-2-6-13-23)28-16-8-15-26(25)28/h5,7-9,12-19,22,28H,1-4,6,10-11,20H2. The second-order valence-electron chi connectivity index (χ2n) is 8.69. The second kappa shape index (κ2) is 7.95. The van der Waals surface area contributed by atoms with Crippen molar-refractivity contribution in [2.75, 3.05) is 0 Å². The summed E-state index contributed by atoms with van der Waals surface area (Å²) >= 11 is 0. The molecule has 0 saturated heterocycles. The van der Waals surface area contributed by atoms with Crippen molar-refractivity contribution in [3.8, 4) is 0 Å². The fourth-order valence-corrected chi connectivity index (χ4v) is 5.32. The van der Waals surface area contributed by atoms with Crippen molar-refractivity contribution < 1.29 is 0 Å². The molecule has 0 heterocycles. The van der Waals surface area contributed by atoms with Crippen molar-refractivity contribution >= 4 is 0 Å². The van der Waals surface area contributed by atoms with E-state index in [0.29, 0.717) is 5.92 Å². The molecule has 5 rings (SSSR count). The van der Waals surface area contributed by atoms with Crippen LogP contribution in [0.2, 0.25) is 0 Å². The third-order valence-corrected chi connectivity index (χ3v) is 6.83. The molecule has 1 aromatic carbocycles. The van der Waals surface area contributed by atoms with E-state index in [9.17, 15) is 0 Å². The molecule has 28 heavy (non-hydrogen) atoms. The maximum atomic E-state index is 2.49. The van der Waals surface area contributed by atoms with E-state index >= 15 is 0 Å². The van der Waals surface area contributed by atoms with Crippen LogP contribution in [0.25, 0.3) is 0 Å². The molecule has 0 heteroatoms. The minimum Gasteiger partial charge on any atom is -0.0836 e. The highest BCUT2D eigenvalue weighted by atomic mass is 14.3. The van der Waals surface area contributed by atoms with Gasteiger partial charge in [-0.05, 0) is 71.4 Å². The van der Waals surface area contributed by atoms with Crippen LogP contribution in [0.3, 0.4) is 0 Å². The quantitative estimate of drug-likeness (QED) is 0.516. The SMILES string of the molecule is C1=CC2C(C3=CCCC=C3)=CC=C(Cc3cccc(C4CCCCC4)c3)C2=C1. The van der Waals surface area contributed by atoms with Crippen LogP contribution in [-0.4, -0.2) is 0 Å². The smallest absolute Gasteiger partial charge is 0.0281 e. The first-order chi connectivity index (χ1) is 13.9. The summed E-state index contributed by atoms with van der Waals surface area (Å²) in [5.74, 6) is 1.22. The molecule has 1 atom stereocenters. The van der Waals surface area contributed by atoms with Gasteiger partial charge in [-0.2, -0.15) is 0 Å². The molecule has 0 amide bonds. The Kier molecular flexibility index (Phi) is 5.04. The Morgan fingerprint density at radius 2 is 1.82 bits per heavy atom. The Labute approximate surface area is 169 Å². The molecule has 0 nitrogen and oxygen atoms in total. The van der Waals surface area contributed by atoms with Gasteiger partial charge in [0.25, 0.3) is 0 Å². The predicted octanol–water partition coefficient (Wildman–Crippen LogP) is 7.53. The molecule has 0 spiro atoms. The summed E-state index contributed by atoms with van der Waals surface area (Å²) < 4.78 is 0. The van der Waals surface area contributed by atoms with Crippen LogP contribution in [-0.2, 0) is 6.42 Å². The number of benzene rings is 1. The van der Waals surface area contributed by atoms with Gasteiger partial charge in [-0.15, -0.1) is 0 Å². The summed E-state index contributed by atoms with van der Waals surface area (Å²) in [7, 11) is 0. The first kappa shape index (κ1) is 17.7. The Balaban J connectivity index is 1.39. The van der Waals surface area contributed by atoms with Gasteiger partial charge in [-0.3, -0.25) is 0 Å². The van der Waals surface area contributed by atoms with E-state index < -0.39 is 0 Å². The zero-order valence-electron chi connectivity index (χ0n) is 16.7. The van der Waals surface area contributed by atoms with Crippen molar-refractivity contribution in [2.24, 2.45) is 5.92 Å². The zero-order valence-corrected chi connectivity index (χ0v) is 16.7. The summed E-state index contributed by atoms with van der Waals surface area (Å²) in [4.78, 5) is 0. The van der Waals surface area contributed by atoms with E-state index in [1.54, 1.807) is 5.56 Å². The Morgan fingerprint density at radius 3 is 2.68 bits per heavy atom. The van der Waals surface area contributed by atoms with Gasteiger partial charge in [0.05, 0.1) is 0 Å². The van der Waals surface area contributed by atoms with Crippen molar-refractivity contribution in [1.82, 2.24) is 0 Å². The highest BCUT2D eigenvalue weighted by Crippen LogP contribution is 2.41. The van der Waals surface area contributed by atoms with E-state index in [1.807, 2.05) is 0 Å². The molecule has 0 aliphatic heterocycles. The van der Waals surface area contributed by atoms with Crippen LogP contribution in [0, 0.1) is 5.92 Å². The average molecular weight is 367 g/mol.